The largest absolute Gasteiger partial charge is 0.392 e. The molecular formula is C9H11N3O. The van der Waals surface area contributed by atoms with E-state index in [1.165, 1.54) is 11.2 Å². The summed E-state index contributed by atoms with van der Waals surface area (Å²) < 4.78 is 0. The van der Waals surface area contributed by atoms with Gasteiger partial charge in [0, 0.05) is 19.1 Å². The summed E-state index contributed by atoms with van der Waals surface area (Å²) in [6.45, 7) is 6.90. The maximum atomic E-state index is 8.87. The summed E-state index contributed by atoms with van der Waals surface area (Å²) in [6, 6.07) is 3.45. The molecule has 1 aromatic rings. The van der Waals surface area contributed by atoms with Crippen LogP contribution in [0.4, 0.5) is 5.82 Å². The Balaban J connectivity index is 2.99. The fourth-order valence-electron chi connectivity index (χ4n) is 0.908. The normalized spacial score (nSPS) is 9.31. The fraction of sp³-hybridized carbons (Fsp3) is 0.111. The number of pyridine rings is 1. The number of hydrogen-bond acceptors (Lipinski definition) is 4. The van der Waals surface area contributed by atoms with Crippen molar-refractivity contribution < 1.29 is 5.11 Å². The molecule has 0 aromatic carbocycles. The Morgan fingerprint density at radius 2 is 2.46 bits per heavy atom. The van der Waals surface area contributed by atoms with Gasteiger partial charge in [0.1, 0.15) is 0 Å². The van der Waals surface area contributed by atoms with Gasteiger partial charge in [0.25, 0.3) is 0 Å². The quantitative estimate of drug-likeness (QED) is 0.554. The Bertz CT molecular complexity index is 303. The lowest BCUT2D eigenvalue weighted by atomic mass is 10.3. The zero-order chi connectivity index (χ0) is 9.68. The Kier molecular flexibility index (Phi) is 3.16. The zero-order valence-corrected chi connectivity index (χ0v) is 7.22. The molecule has 0 fully saturated rings. The molecule has 0 bridgehead atoms. The molecule has 68 valence electrons. The summed E-state index contributed by atoms with van der Waals surface area (Å²) in [7, 11) is 0. The van der Waals surface area contributed by atoms with Gasteiger partial charge in [-0.3, -0.25) is 0 Å². The van der Waals surface area contributed by atoms with Crippen molar-refractivity contribution in [3.05, 3.63) is 36.7 Å². The highest BCUT2D eigenvalue weighted by atomic mass is 16.3. The zero-order valence-electron chi connectivity index (χ0n) is 7.22. The molecule has 0 atom stereocenters. The van der Waals surface area contributed by atoms with Crippen LogP contribution in [0.15, 0.2) is 36.2 Å². The van der Waals surface area contributed by atoms with E-state index in [1.54, 1.807) is 18.3 Å². The molecule has 1 heterocycles. The standard InChI is InChI=1S/C9H11N3O/c1-3-12(10-2)9-6-8(7-13)4-5-11-9/h3-6,13H,1-2,7H2. The van der Waals surface area contributed by atoms with Gasteiger partial charge in [-0.2, -0.15) is 5.10 Å². The summed E-state index contributed by atoms with van der Waals surface area (Å²) in [4.78, 5) is 4.04. The Morgan fingerprint density at radius 1 is 1.69 bits per heavy atom. The topological polar surface area (TPSA) is 48.7 Å². The lowest BCUT2D eigenvalue weighted by Crippen LogP contribution is -2.07. The van der Waals surface area contributed by atoms with E-state index < -0.39 is 0 Å². The first-order valence-electron chi connectivity index (χ1n) is 3.76. The van der Waals surface area contributed by atoms with Crippen LogP contribution in [-0.4, -0.2) is 16.8 Å². The summed E-state index contributed by atoms with van der Waals surface area (Å²) in [5.74, 6) is 0.594. The first-order chi connectivity index (χ1) is 6.31. The predicted octanol–water partition coefficient (Wildman–Crippen LogP) is 1.14. The van der Waals surface area contributed by atoms with Gasteiger partial charge in [-0.15, -0.1) is 0 Å². The van der Waals surface area contributed by atoms with Crippen LogP contribution in [0.3, 0.4) is 0 Å². The minimum absolute atomic E-state index is 0.0162. The molecule has 0 aliphatic heterocycles. The molecule has 0 spiro atoms. The number of hydrazone groups is 1. The molecule has 1 aromatic heterocycles. The van der Waals surface area contributed by atoms with Gasteiger partial charge in [0.05, 0.1) is 6.61 Å². The molecule has 4 heteroatoms. The van der Waals surface area contributed by atoms with E-state index in [-0.39, 0.29) is 6.61 Å². The van der Waals surface area contributed by atoms with E-state index in [4.69, 9.17) is 5.11 Å². The molecule has 0 radical (unpaired) electrons. The highest BCUT2D eigenvalue weighted by Gasteiger charge is 2.01. The van der Waals surface area contributed by atoms with Crippen molar-refractivity contribution in [3.8, 4) is 0 Å². The van der Waals surface area contributed by atoms with Gasteiger partial charge >= 0.3 is 0 Å². The van der Waals surface area contributed by atoms with Gasteiger partial charge in [0.15, 0.2) is 5.82 Å². The van der Waals surface area contributed by atoms with Crippen molar-refractivity contribution in [2.24, 2.45) is 5.10 Å². The molecule has 0 aliphatic rings. The highest BCUT2D eigenvalue weighted by Crippen LogP contribution is 2.12. The average molecular weight is 177 g/mol. The number of anilines is 1. The third-order valence-electron chi connectivity index (χ3n) is 1.55. The molecule has 4 nitrogen and oxygen atoms in total. The van der Waals surface area contributed by atoms with E-state index in [2.05, 4.69) is 23.4 Å². The fourth-order valence-corrected chi connectivity index (χ4v) is 0.908. The van der Waals surface area contributed by atoms with Crippen LogP contribution in [0.2, 0.25) is 0 Å². The molecule has 0 saturated carbocycles. The van der Waals surface area contributed by atoms with E-state index >= 15 is 0 Å². The second kappa shape index (κ2) is 4.37. The average Bonchev–Trinajstić information content (AvgIpc) is 2.20. The van der Waals surface area contributed by atoms with Crippen LogP contribution >= 0.6 is 0 Å². The van der Waals surface area contributed by atoms with Crippen molar-refractivity contribution in [2.75, 3.05) is 5.01 Å². The molecular weight excluding hydrogens is 166 g/mol. The number of nitrogens with zero attached hydrogens (tertiary/aromatic N) is 3. The first-order valence-corrected chi connectivity index (χ1v) is 3.76. The van der Waals surface area contributed by atoms with Crippen molar-refractivity contribution in [1.82, 2.24) is 4.98 Å². The third-order valence-corrected chi connectivity index (χ3v) is 1.55. The van der Waals surface area contributed by atoms with Gasteiger partial charge in [-0.05, 0) is 17.7 Å². The van der Waals surface area contributed by atoms with Crippen LogP contribution < -0.4 is 5.01 Å². The monoisotopic (exact) mass is 177 g/mol. The number of aliphatic hydroxyl groups excluding tert-OH is 1. The molecule has 1 rings (SSSR count). The first kappa shape index (κ1) is 9.41. The second-order valence-electron chi connectivity index (χ2n) is 2.35. The summed E-state index contributed by atoms with van der Waals surface area (Å²) in [6.07, 6.45) is 3.10. The van der Waals surface area contributed by atoms with Crippen LogP contribution in [0.1, 0.15) is 5.56 Å². The maximum Gasteiger partial charge on any atom is 0.153 e. The molecule has 0 amide bonds. The van der Waals surface area contributed by atoms with Crippen molar-refractivity contribution in [2.45, 2.75) is 6.61 Å². The van der Waals surface area contributed by atoms with Gasteiger partial charge in [-0.25, -0.2) is 9.99 Å². The van der Waals surface area contributed by atoms with Crippen LogP contribution in [0.25, 0.3) is 0 Å². The minimum atomic E-state index is -0.0162. The third kappa shape index (κ3) is 2.13. The van der Waals surface area contributed by atoms with Crippen LogP contribution in [0.5, 0.6) is 0 Å². The summed E-state index contributed by atoms with van der Waals surface area (Å²) in [5, 5.41) is 14.0. The number of aromatic nitrogens is 1. The lowest BCUT2D eigenvalue weighted by Gasteiger charge is -2.11. The Labute approximate surface area is 76.8 Å². The predicted molar refractivity (Wildman–Crippen MR) is 52.4 cm³/mol. The van der Waals surface area contributed by atoms with Gasteiger partial charge in [-0.1, -0.05) is 6.58 Å². The van der Waals surface area contributed by atoms with E-state index in [0.717, 1.165) is 5.56 Å². The summed E-state index contributed by atoms with van der Waals surface area (Å²) in [5.41, 5.74) is 0.778. The molecule has 0 aliphatic carbocycles. The lowest BCUT2D eigenvalue weighted by molar-refractivity contribution is 0.282. The second-order valence-corrected chi connectivity index (χ2v) is 2.35. The van der Waals surface area contributed by atoms with Crippen molar-refractivity contribution >= 4 is 12.5 Å². The van der Waals surface area contributed by atoms with Gasteiger partial charge in [0.2, 0.25) is 0 Å². The van der Waals surface area contributed by atoms with E-state index in [0.29, 0.717) is 5.82 Å². The maximum absolute atomic E-state index is 8.87. The minimum Gasteiger partial charge on any atom is -0.392 e. The van der Waals surface area contributed by atoms with E-state index in [9.17, 15) is 0 Å². The molecule has 1 N–H and O–H groups in total. The number of rotatable bonds is 4. The molecule has 13 heavy (non-hydrogen) atoms. The van der Waals surface area contributed by atoms with E-state index in [1.807, 2.05) is 0 Å². The smallest absolute Gasteiger partial charge is 0.153 e. The van der Waals surface area contributed by atoms with Crippen molar-refractivity contribution in [3.63, 3.8) is 0 Å². The molecule has 0 unspecified atom stereocenters. The summed E-state index contributed by atoms with van der Waals surface area (Å²) >= 11 is 0. The Hall–Kier alpha value is -1.68. The Morgan fingerprint density at radius 3 is 3.00 bits per heavy atom. The van der Waals surface area contributed by atoms with Crippen LogP contribution in [-0.2, 0) is 6.61 Å². The van der Waals surface area contributed by atoms with Crippen LogP contribution in [0, 0.1) is 0 Å². The SMILES string of the molecule is C=CN(N=C)c1cc(CO)ccn1. The highest BCUT2D eigenvalue weighted by molar-refractivity contribution is 5.45. The molecule has 0 saturated heterocycles. The van der Waals surface area contributed by atoms with Crippen molar-refractivity contribution in [1.29, 1.82) is 0 Å². The number of aliphatic hydroxyl groups is 1. The van der Waals surface area contributed by atoms with Gasteiger partial charge < -0.3 is 5.11 Å². The number of hydrogen-bond donors (Lipinski definition) is 1.